The summed E-state index contributed by atoms with van der Waals surface area (Å²) in [5.74, 6) is -0.601. The number of hydrogen-bond donors (Lipinski definition) is 2. The first-order valence-corrected chi connectivity index (χ1v) is 9.33. The third-order valence-electron chi connectivity index (χ3n) is 3.37. The maximum Gasteiger partial charge on any atom is 0.271 e. The summed E-state index contributed by atoms with van der Waals surface area (Å²) in [4.78, 5) is 25.4. The maximum absolute atomic E-state index is 12.3. The van der Waals surface area contributed by atoms with Crippen molar-refractivity contribution in [2.75, 3.05) is 5.32 Å². The molecule has 0 radical (unpaired) electrons. The fourth-order valence-electron chi connectivity index (χ4n) is 2.15. The van der Waals surface area contributed by atoms with Gasteiger partial charge in [0, 0.05) is 26.2 Å². The summed E-state index contributed by atoms with van der Waals surface area (Å²) in [7, 11) is 0. The summed E-state index contributed by atoms with van der Waals surface area (Å²) < 4.78 is 0.821. The number of hydrazone groups is 1. The highest BCUT2D eigenvalue weighted by atomic mass is 79.9. The first kappa shape index (κ1) is 18.0. The molecular weight excluding hydrogens is 414 g/mol. The van der Waals surface area contributed by atoms with Crippen LogP contribution in [-0.4, -0.2) is 18.0 Å². The van der Waals surface area contributed by atoms with Crippen LogP contribution in [0.15, 0.2) is 75.6 Å². The molecule has 0 saturated heterocycles. The number of rotatable bonds is 5. The molecule has 5 nitrogen and oxygen atoms in total. The van der Waals surface area contributed by atoms with E-state index in [1.807, 2.05) is 23.6 Å². The number of thiophene rings is 1. The summed E-state index contributed by atoms with van der Waals surface area (Å²) in [5.41, 5.74) is 3.93. The number of anilines is 1. The van der Waals surface area contributed by atoms with Gasteiger partial charge in [-0.2, -0.15) is 5.10 Å². The molecule has 3 rings (SSSR count). The largest absolute Gasteiger partial charge is 0.322 e. The standard InChI is InChI=1S/C19H14BrN3O2S/c20-15-6-1-4-13(10-15)18(24)22-16-7-2-5-14(11-16)19(25)23-21-12-17-8-3-9-26-17/h1-12H,(H,22,24)(H,23,25). The van der Waals surface area contributed by atoms with Gasteiger partial charge in [0.15, 0.2) is 0 Å². The zero-order valence-electron chi connectivity index (χ0n) is 13.5. The van der Waals surface area contributed by atoms with Gasteiger partial charge in [-0.25, -0.2) is 5.43 Å². The third-order valence-corrected chi connectivity index (χ3v) is 4.67. The minimum absolute atomic E-state index is 0.250. The molecule has 1 aromatic heterocycles. The van der Waals surface area contributed by atoms with Crippen molar-refractivity contribution in [2.24, 2.45) is 5.10 Å². The Morgan fingerprint density at radius 2 is 1.73 bits per heavy atom. The molecule has 0 bridgehead atoms. The number of carbonyl (C=O) groups excluding carboxylic acids is 2. The van der Waals surface area contributed by atoms with Crippen LogP contribution in [0.4, 0.5) is 5.69 Å². The molecule has 26 heavy (non-hydrogen) atoms. The van der Waals surface area contributed by atoms with Crippen molar-refractivity contribution >= 4 is 51.0 Å². The Labute approximate surface area is 162 Å². The van der Waals surface area contributed by atoms with Crippen LogP contribution in [0.3, 0.4) is 0 Å². The molecular formula is C19H14BrN3O2S. The lowest BCUT2D eigenvalue weighted by atomic mass is 10.1. The number of carbonyl (C=O) groups is 2. The number of amides is 2. The summed E-state index contributed by atoms with van der Waals surface area (Å²) in [6, 6.07) is 17.6. The maximum atomic E-state index is 12.3. The van der Waals surface area contributed by atoms with Crippen LogP contribution in [0.1, 0.15) is 25.6 Å². The van der Waals surface area contributed by atoms with E-state index in [0.717, 1.165) is 9.35 Å². The molecule has 0 aliphatic rings. The smallest absolute Gasteiger partial charge is 0.271 e. The molecule has 0 aliphatic carbocycles. The Morgan fingerprint density at radius 3 is 2.46 bits per heavy atom. The lowest BCUT2D eigenvalue weighted by molar-refractivity contribution is 0.0953. The fourth-order valence-corrected chi connectivity index (χ4v) is 3.14. The van der Waals surface area contributed by atoms with E-state index >= 15 is 0 Å². The van der Waals surface area contributed by atoms with Crippen molar-refractivity contribution < 1.29 is 9.59 Å². The average Bonchev–Trinajstić information content (AvgIpc) is 3.15. The van der Waals surface area contributed by atoms with E-state index in [1.54, 1.807) is 48.7 Å². The van der Waals surface area contributed by atoms with Gasteiger partial charge in [0.05, 0.1) is 6.21 Å². The molecule has 2 aromatic carbocycles. The molecule has 1 heterocycles. The van der Waals surface area contributed by atoms with E-state index in [-0.39, 0.29) is 11.8 Å². The first-order valence-electron chi connectivity index (χ1n) is 7.66. The van der Waals surface area contributed by atoms with Crippen molar-refractivity contribution in [3.63, 3.8) is 0 Å². The Balaban J connectivity index is 1.65. The highest BCUT2D eigenvalue weighted by Crippen LogP contribution is 2.15. The van der Waals surface area contributed by atoms with Crippen LogP contribution < -0.4 is 10.7 Å². The molecule has 0 spiro atoms. The van der Waals surface area contributed by atoms with Crippen LogP contribution >= 0.6 is 27.3 Å². The van der Waals surface area contributed by atoms with Gasteiger partial charge in [0.2, 0.25) is 0 Å². The van der Waals surface area contributed by atoms with Crippen molar-refractivity contribution in [1.82, 2.24) is 5.43 Å². The Hall–Kier alpha value is -2.77. The Bertz CT molecular complexity index is 955. The molecule has 0 unspecified atom stereocenters. The Morgan fingerprint density at radius 1 is 0.962 bits per heavy atom. The molecule has 7 heteroatoms. The van der Waals surface area contributed by atoms with Crippen LogP contribution in [0, 0.1) is 0 Å². The number of nitrogens with one attached hydrogen (secondary N) is 2. The molecule has 0 atom stereocenters. The highest BCUT2D eigenvalue weighted by Gasteiger charge is 2.09. The lowest BCUT2D eigenvalue weighted by Crippen LogP contribution is -2.18. The first-order chi connectivity index (χ1) is 12.6. The van der Waals surface area contributed by atoms with E-state index in [0.29, 0.717) is 16.8 Å². The number of halogens is 1. The molecule has 130 valence electrons. The van der Waals surface area contributed by atoms with Crippen LogP contribution in [0.5, 0.6) is 0 Å². The summed E-state index contributed by atoms with van der Waals surface area (Å²) in [6.07, 6.45) is 1.58. The van der Waals surface area contributed by atoms with Crippen LogP contribution in [0.2, 0.25) is 0 Å². The SMILES string of the molecule is O=C(NN=Cc1cccs1)c1cccc(NC(=O)c2cccc(Br)c2)c1. The summed E-state index contributed by atoms with van der Waals surface area (Å²) >= 11 is 4.87. The number of nitrogens with zero attached hydrogens (tertiary/aromatic N) is 1. The minimum atomic E-state index is -0.351. The minimum Gasteiger partial charge on any atom is -0.322 e. The van der Waals surface area contributed by atoms with Gasteiger partial charge in [-0.3, -0.25) is 9.59 Å². The Kier molecular flexibility index (Phi) is 5.93. The van der Waals surface area contributed by atoms with Gasteiger partial charge in [-0.15, -0.1) is 11.3 Å². The van der Waals surface area contributed by atoms with Crippen molar-refractivity contribution in [3.8, 4) is 0 Å². The quantitative estimate of drug-likeness (QED) is 0.463. The highest BCUT2D eigenvalue weighted by molar-refractivity contribution is 9.10. The van der Waals surface area contributed by atoms with Gasteiger partial charge in [-0.05, 0) is 47.8 Å². The van der Waals surface area contributed by atoms with Crippen molar-refractivity contribution in [3.05, 3.63) is 86.5 Å². The molecule has 0 saturated carbocycles. The third kappa shape index (κ3) is 4.87. The molecule has 2 amide bonds. The van der Waals surface area contributed by atoms with E-state index < -0.39 is 0 Å². The molecule has 3 aromatic rings. The van der Waals surface area contributed by atoms with E-state index in [4.69, 9.17) is 0 Å². The van der Waals surface area contributed by atoms with Crippen molar-refractivity contribution in [1.29, 1.82) is 0 Å². The van der Waals surface area contributed by atoms with Gasteiger partial charge in [0.1, 0.15) is 0 Å². The van der Waals surface area contributed by atoms with Crippen LogP contribution in [0.25, 0.3) is 0 Å². The topological polar surface area (TPSA) is 70.6 Å². The zero-order valence-corrected chi connectivity index (χ0v) is 15.9. The second kappa shape index (κ2) is 8.55. The van der Waals surface area contributed by atoms with E-state index in [2.05, 4.69) is 31.8 Å². The van der Waals surface area contributed by atoms with Gasteiger partial charge >= 0.3 is 0 Å². The normalized spacial score (nSPS) is 10.7. The van der Waals surface area contributed by atoms with E-state index in [1.165, 1.54) is 11.3 Å². The predicted octanol–water partition coefficient (Wildman–Crippen LogP) is 4.53. The number of hydrogen-bond acceptors (Lipinski definition) is 4. The molecule has 0 fully saturated rings. The van der Waals surface area contributed by atoms with Crippen molar-refractivity contribution in [2.45, 2.75) is 0 Å². The second-order valence-corrected chi connectivity index (χ2v) is 7.15. The average molecular weight is 428 g/mol. The molecule has 2 N–H and O–H groups in total. The number of benzene rings is 2. The van der Waals surface area contributed by atoms with Crippen LogP contribution in [-0.2, 0) is 0 Å². The van der Waals surface area contributed by atoms with Gasteiger partial charge < -0.3 is 5.32 Å². The summed E-state index contributed by atoms with van der Waals surface area (Å²) in [5, 5.41) is 8.65. The summed E-state index contributed by atoms with van der Waals surface area (Å²) in [6.45, 7) is 0. The second-order valence-electron chi connectivity index (χ2n) is 5.26. The lowest BCUT2D eigenvalue weighted by Gasteiger charge is -2.07. The van der Waals surface area contributed by atoms with Gasteiger partial charge in [-0.1, -0.05) is 34.1 Å². The van der Waals surface area contributed by atoms with Gasteiger partial charge in [0.25, 0.3) is 11.8 Å². The fraction of sp³-hybridized carbons (Fsp3) is 0. The monoisotopic (exact) mass is 427 g/mol. The predicted molar refractivity (Wildman–Crippen MR) is 108 cm³/mol. The molecule has 0 aliphatic heterocycles. The van der Waals surface area contributed by atoms with E-state index in [9.17, 15) is 9.59 Å². The zero-order chi connectivity index (χ0) is 18.4.